The van der Waals surface area contributed by atoms with Crippen molar-refractivity contribution in [3.05, 3.63) is 164 Å². The Hall–Kier alpha value is -5.66. The number of fused-ring (bicyclic) bond motifs is 3. The lowest BCUT2D eigenvalue weighted by atomic mass is 9.83. The molecule has 0 amide bonds. The molecule has 8 rings (SSSR count). The van der Waals surface area contributed by atoms with Crippen molar-refractivity contribution in [3.63, 3.8) is 0 Å². The second kappa shape index (κ2) is 10.3. The summed E-state index contributed by atoms with van der Waals surface area (Å²) < 4.78 is 0. The number of phenols is 1. The molecular weight excluding hydrogens is 520 g/mol. The third kappa shape index (κ3) is 4.34. The first kappa shape index (κ1) is 25.1. The summed E-state index contributed by atoms with van der Waals surface area (Å²) in [4.78, 5) is 0. The van der Waals surface area contributed by atoms with Crippen molar-refractivity contribution in [2.45, 2.75) is 0 Å². The van der Waals surface area contributed by atoms with E-state index in [0.29, 0.717) is 0 Å². The van der Waals surface area contributed by atoms with Crippen LogP contribution >= 0.6 is 0 Å². The summed E-state index contributed by atoms with van der Waals surface area (Å²) in [6.07, 6.45) is 0. The molecule has 8 aromatic rings. The normalized spacial score (nSPS) is 11.3. The Morgan fingerprint density at radius 1 is 0.302 bits per heavy atom. The summed E-state index contributed by atoms with van der Waals surface area (Å²) in [5.41, 5.74) is 9.29. The van der Waals surface area contributed by atoms with Crippen LogP contribution in [0.2, 0.25) is 0 Å². The molecule has 0 aliphatic carbocycles. The fourth-order valence-electron chi connectivity index (χ4n) is 6.58. The smallest absolute Gasteiger partial charge is 0.116 e. The van der Waals surface area contributed by atoms with E-state index in [0.717, 1.165) is 38.4 Å². The van der Waals surface area contributed by atoms with E-state index < -0.39 is 0 Å². The molecule has 0 heterocycles. The van der Waals surface area contributed by atoms with Crippen molar-refractivity contribution in [1.29, 1.82) is 0 Å². The van der Waals surface area contributed by atoms with Crippen LogP contribution in [-0.4, -0.2) is 5.11 Å². The topological polar surface area (TPSA) is 20.2 Å². The van der Waals surface area contributed by atoms with E-state index >= 15 is 0 Å². The number of benzene rings is 8. The van der Waals surface area contributed by atoms with Crippen LogP contribution in [0.5, 0.6) is 5.75 Å². The third-order valence-corrected chi connectivity index (χ3v) is 8.50. The number of hydrogen-bond donors (Lipinski definition) is 1. The van der Waals surface area contributed by atoms with Crippen molar-refractivity contribution >= 4 is 32.3 Å². The Morgan fingerprint density at radius 3 is 1.49 bits per heavy atom. The first-order valence-corrected chi connectivity index (χ1v) is 14.7. The molecule has 8 aromatic carbocycles. The largest absolute Gasteiger partial charge is 0.508 e. The van der Waals surface area contributed by atoms with Crippen LogP contribution in [0.1, 0.15) is 0 Å². The van der Waals surface area contributed by atoms with Crippen LogP contribution in [0.25, 0.3) is 76.8 Å². The molecular formula is C42H28O. The second-order valence-electron chi connectivity index (χ2n) is 11.1. The lowest BCUT2D eigenvalue weighted by molar-refractivity contribution is 0.476. The van der Waals surface area contributed by atoms with Crippen LogP contribution in [0.4, 0.5) is 0 Å². The van der Waals surface area contributed by atoms with Gasteiger partial charge >= 0.3 is 0 Å². The van der Waals surface area contributed by atoms with E-state index in [2.05, 4.69) is 152 Å². The quantitative estimate of drug-likeness (QED) is 0.217. The van der Waals surface area contributed by atoms with Gasteiger partial charge in [0.2, 0.25) is 0 Å². The van der Waals surface area contributed by atoms with Crippen LogP contribution in [0.3, 0.4) is 0 Å². The molecule has 0 aromatic heterocycles. The number of aromatic hydroxyl groups is 1. The molecule has 0 saturated carbocycles. The van der Waals surface area contributed by atoms with Crippen molar-refractivity contribution in [2.24, 2.45) is 0 Å². The molecule has 0 atom stereocenters. The highest BCUT2D eigenvalue weighted by Crippen LogP contribution is 2.47. The van der Waals surface area contributed by atoms with Crippen molar-refractivity contribution in [1.82, 2.24) is 0 Å². The van der Waals surface area contributed by atoms with Gasteiger partial charge in [-0.3, -0.25) is 0 Å². The van der Waals surface area contributed by atoms with Gasteiger partial charge in [-0.15, -0.1) is 0 Å². The lowest BCUT2D eigenvalue weighted by Gasteiger charge is -2.20. The predicted octanol–water partition coefficient (Wildman–Crippen LogP) is 11.5. The maximum absolute atomic E-state index is 10.9. The maximum Gasteiger partial charge on any atom is 0.116 e. The van der Waals surface area contributed by atoms with Gasteiger partial charge in [-0.2, -0.15) is 0 Å². The second-order valence-corrected chi connectivity index (χ2v) is 11.1. The summed E-state index contributed by atoms with van der Waals surface area (Å²) in [6, 6.07) is 57.6. The average molecular weight is 549 g/mol. The third-order valence-electron chi connectivity index (χ3n) is 8.50. The van der Waals surface area contributed by atoms with Gasteiger partial charge in [0, 0.05) is 0 Å². The van der Waals surface area contributed by atoms with Gasteiger partial charge in [-0.1, -0.05) is 133 Å². The van der Waals surface area contributed by atoms with Crippen LogP contribution in [0.15, 0.2) is 164 Å². The summed E-state index contributed by atoms with van der Waals surface area (Å²) in [7, 11) is 0. The van der Waals surface area contributed by atoms with Crippen molar-refractivity contribution < 1.29 is 5.11 Å². The van der Waals surface area contributed by atoms with Gasteiger partial charge in [0.05, 0.1) is 0 Å². The van der Waals surface area contributed by atoms with Crippen LogP contribution in [0, 0.1) is 0 Å². The fraction of sp³-hybridized carbons (Fsp3) is 0. The average Bonchev–Trinajstić information content (AvgIpc) is 3.07. The monoisotopic (exact) mass is 548 g/mol. The number of hydrogen-bond acceptors (Lipinski definition) is 1. The molecule has 0 unspecified atom stereocenters. The minimum atomic E-state index is 0.260. The number of phenolic OH excluding ortho intramolecular Hbond substituents is 1. The molecule has 1 nitrogen and oxygen atoms in total. The Bertz CT molecular complexity index is 2220. The zero-order valence-electron chi connectivity index (χ0n) is 23.5. The van der Waals surface area contributed by atoms with E-state index in [4.69, 9.17) is 0 Å². The highest BCUT2D eigenvalue weighted by molar-refractivity contribution is 6.24. The van der Waals surface area contributed by atoms with Gasteiger partial charge in [-0.05, 0) is 107 Å². The summed E-state index contributed by atoms with van der Waals surface area (Å²) >= 11 is 0. The van der Waals surface area contributed by atoms with E-state index in [9.17, 15) is 5.11 Å². The molecule has 0 aliphatic rings. The minimum absolute atomic E-state index is 0.260. The van der Waals surface area contributed by atoms with Gasteiger partial charge in [0.25, 0.3) is 0 Å². The lowest BCUT2D eigenvalue weighted by Crippen LogP contribution is -1.93. The maximum atomic E-state index is 10.9. The van der Waals surface area contributed by atoms with Crippen molar-refractivity contribution in [3.8, 4) is 50.3 Å². The zero-order chi connectivity index (χ0) is 28.8. The molecule has 1 N–H and O–H groups in total. The van der Waals surface area contributed by atoms with Crippen LogP contribution in [-0.2, 0) is 0 Å². The van der Waals surface area contributed by atoms with E-state index in [1.165, 1.54) is 38.4 Å². The molecule has 0 fully saturated rings. The Morgan fingerprint density at radius 2 is 0.814 bits per heavy atom. The Labute approximate surface area is 250 Å². The van der Waals surface area contributed by atoms with E-state index in [1.807, 2.05) is 12.1 Å². The molecule has 0 radical (unpaired) electrons. The molecule has 0 bridgehead atoms. The van der Waals surface area contributed by atoms with E-state index in [-0.39, 0.29) is 5.75 Å². The van der Waals surface area contributed by atoms with Gasteiger partial charge < -0.3 is 5.11 Å². The molecule has 43 heavy (non-hydrogen) atoms. The van der Waals surface area contributed by atoms with Crippen LogP contribution < -0.4 is 0 Å². The standard InChI is InChI=1S/C42H28O/c43-34-22-23-39-40(27-34)41(33-25-31(28-12-3-1-4-13-28)24-32(26-33)29-14-5-2-6-15-29)37-19-9-10-20-38(37)42(39)36-21-11-17-30-16-7-8-18-35(30)36/h1-27,43H. The van der Waals surface area contributed by atoms with Gasteiger partial charge in [0.15, 0.2) is 0 Å². The zero-order valence-corrected chi connectivity index (χ0v) is 23.5. The van der Waals surface area contributed by atoms with Crippen molar-refractivity contribution in [2.75, 3.05) is 0 Å². The van der Waals surface area contributed by atoms with Gasteiger partial charge in [0.1, 0.15) is 5.75 Å². The first-order valence-electron chi connectivity index (χ1n) is 14.7. The predicted molar refractivity (Wildman–Crippen MR) is 182 cm³/mol. The molecule has 0 saturated heterocycles. The highest BCUT2D eigenvalue weighted by atomic mass is 16.3. The Kier molecular flexibility index (Phi) is 6.02. The summed E-state index contributed by atoms with van der Waals surface area (Å²) in [6.45, 7) is 0. The minimum Gasteiger partial charge on any atom is -0.508 e. The molecule has 0 spiro atoms. The number of rotatable bonds is 4. The molecule has 1 heteroatoms. The highest BCUT2D eigenvalue weighted by Gasteiger charge is 2.19. The molecule has 0 aliphatic heterocycles. The summed E-state index contributed by atoms with van der Waals surface area (Å²) in [5.74, 6) is 0.260. The summed E-state index contributed by atoms with van der Waals surface area (Å²) in [5, 5.41) is 17.8. The SMILES string of the molecule is Oc1ccc2c(-c3cccc4ccccc34)c3ccccc3c(-c3cc(-c4ccccc4)cc(-c4ccccc4)c3)c2c1. The Balaban J connectivity index is 1.51. The molecule has 202 valence electrons. The van der Waals surface area contributed by atoms with E-state index in [1.54, 1.807) is 0 Å². The first-order chi connectivity index (χ1) is 21.2. The van der Waals surface area contributed by atoms with Gasteiger partial charge in [-0.25, -0.2) is 0 Å². The fourth-order valence-corrected chi connectivity index (χ4v) is 6.58.